The summed E-state index contributed by atoms with van der Waals surface area (Å²) in [5.41, 5.74) is -1.83. The highest BCUT2D eigenvalue weighted by Gasteiger charge is 2.34. The Morgan fingerprint density at radius 2 is 1.96 bits per heavy atom. The molecule has 0 saturated carbocycles. The van der Waals surface area contributed by atoms with E-state index in [4.69, 9.17) is 4.74 Å². The molecule has 0 spiro atoms. The number of morpholine rings is 1. The third kappa shape index (κ3) is 5.17. The van der Waals surface area contributed by atoms with Crippen molar-refractivity contribution in [2.45, 2.75) is 24.8 Å². The number of aliphatic hydroxyl groups is 1. The number of hydrogen-bond acceptors (Lipinski definition) is 4. The monoisotopic (exact) mass is 346 g/mol. The van der Waals surface area contributed by atoms with Crippen LogP contribution >= 0.6 is 0 Å². The van der Waals surface area contributed by atoms with Gasteiger partial charge in [0.05, 0.1) is 23.9 Å². The van der Waals surface area contributed by atoms with Crippen molar-refractivity contribution in [1.82, 2.24) is 9.80 Å². The molecule has 2 atom stereocenters. The fraction of sp³-hybridized carbons (Fsp3) is 0.647. The molecule has 2 rings (SSSR count). The minimum absolute atomic E-state index is 0.0334. The van der Waals surface area contributed by atoms with Gasteiger partial charge in [-0.2, -0.15) is 13.2 Å². The van der Waals surface area contributed by atoms with Crippen LogP contribution in [0.1, 0.15) is 18.1 Å². The number of nitrogens with zero attached hydrogens (tertiary/aromatic N) is 2. The predicted octanol–water partition coefficient (Wildman–Crippen LogP) is 2.18. The van der Waals surface area contributed by atoms with Crippen LogP contribution in [0, 0.1) is 0 Å². The van der Waals surface area contributed by atoms with Crippen LogP contribution in [-0.2, 0) is 16.5 Å². The molecule has 7 heteroatoms. The van der Waals surface area contributed by atoms with Gasteiger partial charge in [0.1, 0.15) is 0 Å². The maximum absolute atomic E-state index is 12.9. The van der Waals surface area contributed by atoms with Gasteiger partial charge in [0.15, 0.2) is 0 Å². The number of ether oxygens (including phenoxy) is 1. The van der Waals surface area contributed by atoms with Crippen LogP contribution in [0.15, 0.2) is 24.3 Å². The van der Waals surface area contributed by atoms with E-state index >= 15 is 0 Å². The molecule has 0 unspecified atom stereocenters. The molecule has 0 aliphatic carbocycles. The zero-order valence-electron chi connectivity index (χ0n) is 14.3. The summed E-state index contributed by atoms with van der Waals surface area (Å²) in [4.78, 5) is 4.07. The first kappa shape index (κ1) is 19.2. The summed E-state index contributed by atoms with van der Waals surface area (Å²) in [6.45, 7) is 4.44. The molecule has 0 radical (unpaired) electrons. The van der Waals surface area contributed by atoms with Crippen LogP contribution in [0.2, 0.25) is 0 Å². The highest BCUT2D eigenvalue weighted by molar-refractivity contribution is 5.29. The number of rotatable bonds is 5. The van der Waals surface area contributed by atoms with Crippen LogP contribution in [0.25, 0.3) is 0 Å². The topological polar surface area (TPSA) is 35.9 Å². The lowest BCUT2D eigenvalue weighted by atomic mass is 9.93. The summed E-state index contributed by atoms with van der Waals surface area (Å²) < 4.78 is 44.3. The van der Waals surface area contributed by atoms with Gasteiger partial charge in [0.25, 0.3) is 0 Å². The average Bonchev–Trinajstić information content (AvgIpc) is 2.45. The maximum Gasteiger partial charge on any atom is 0.416 e. The van der Waals surface area contributed by atoms with Crippen LogP contribution in [-0.4, -0.2) is 67.9 Å². The first-order valence-corrected chi connectivity index (χ1v) is 7.97. The minimum atomic E-state index is -4.41. The Balaban J connectivity index is 2.07. The van der Waals surface area contributed by atoms with Gasteiger partial charge in [-0.25, -0.2) is 0 Å². The molecule has 136 valence electrons. The molecule has 0 aromatic heterocycles. The summed E-state index contributed by atoms with van der Waals surface area (Å²) in [6.07, 6.45) is -4.38. The second kappa shape index (κ2) is 7.39. The zero-order valence-corrected chi connectivity index (χ0v) is 14.3. The average molecular weight is 346 g/mol. The second-order valence-electron chi connectivity index (χ2n) is 6.84. The molecule has 4 nitrogen and oxygen atoms in total. The Labute approximate surface area is 140 Å². The van der Waals surface area contributed by atoms with Crippen molar-refractivity contribution in [2.75, 3.05) is 46.9 Å². The zero-order chi connectivity index (χ0) is 18.0. The van der Waals surface area contributed by atoms with Gasteiger partial charge in [-0.05, 0) is 38.7 Å². The molecule has 1 N–H and O–H groups in total. The molecular formula is C17H25F3N2O2. The first-order valence-electron chi connectivity index (χ1n) is 7.97. The van der Waals surface area contributed by atoms with E-state index in [-0.39, 0.29) is 18.2 Å². The van der Waals surface area contributed by atoms with Crippen molar-refractivity contribution in [3.05, 3.63) is 35.4 Å². The van der Waals surface area contributed by atoms with Crippen LogP contribution < -0.4 is 0 Å². The quantitative estimate of drug-likeness (QED) is 0.887. The molecule has 0 amide bonds. The van der Waals surface area contributed by atoms with E-state index in [0.717, 1.165) is 18.7 Å². The van der Waals surface area contributed by atoms with Gasteiger partial charge in [-0.1, -0.05) is 12.1 Å². The molecule has 24 heavy (non-hydrogen) atoms. The SMILES string of the molecule is CN(C)C[C@@H]1CN(C[C@@](C)(O)c2cccc(C(F)(F)F)c2)CCO1. The van der Waals surface area contributed by atoms with Crippen LogP contribution in [0.4, 0.5) is 13.2 Å². The van der Waals surface area contributed by atoms with Crippen molar-refractivity contribution in [3.8, 4) is 0 Å². The largest absolute Gasteiger partial charge is 0.416 e. The molecule has 1 heterocycles. The Bertz CT molecular complexity index is 547. The second-order valence-corrected chi connectivity index (χ2v) is 6.84. The van der Waals surface area contributed by atoms with Gasteiger partial charge >= 0.3 is 6.18 Å². The van der Waals surface area contributed by atoms with Gasteiger partial charge in [-0.15, -0.1) is 0 Å². The molecule has 1 saturated heterocycles. The van der Waals surface area contributed by atoms with E-state index in [2.05, 4.69) is 0 Å². The molecular weight excluding hydrogens is 321 g/mol. The number of alkyl halides is 3. The number of halogens is 3. The van der Waals surface area contributed by atoms with E-state index in [1.54, 1.807) is 6.92 Å². The van der Waals surface area contributed by atoms with Gasteiger partial charge in [0.2, 0.25) is 0 Å². The van der Waals surface area contributed by atoms with Crippen LogP contribution in [0.5, 0.6) is 0 Å². The van der Waals surface area contributed by atoms with Gasteiger partial charge in [-0.3, -0.25) is 4.90 Å². The molecule has 1 aromatic rings. The van der Waals surface area contributed by atoms with E-state index in [9.17, 15) is 18.3 Å². The first-order chi connectivity index (χ1) is 11.1. The maximum atomic E-state index is 12.9. The lowest BCUT2D eigenvalue weighted by Gasteiger charge is -2.38. The van der Waals surface area contributed by atoms with E-state index in [1.807, 2.05) is 23.9 Å². The smallest absolute Gasteiger partial charge is 0.384 e. The molecule has 1 aliphatic rings. The Kier molecular flexibility index (Phi) is 5.91. The minimum Gasteiger partial charge on any atom is -0.384 e. The van der Waals surface area contributed by atoms with Crippen LogP contribution in [0.3, 0.4) is 0 Å². The number of likely N-dealkylation sites (N-methyl/N-ethyl adjacent to an activating group) is 1. The fourth-order valence-electron chi connectivity index (χ4n) is 3.00. The molecule has 1 aliphatic heterocycles. The van der Waals surface area contributed by atoms with Crippen molar-refractivity contribution in [1.29, 1.82) is 0 Å². The Morgan fingerprint density at radius 3 is 2.58 bits per heavy atom. The van der Waals surface area contributed by atoms with Crippen molar-refractivity contribution in [2.24, 2.45) is 0 Å². The van der Waals surface area contributed by atoms with Crippen molar-refractivity contribution in [3.63, 3.8) is 0 Å². The third-order valence-corrected chi connectivity index (χ3v) is 4.13. The van der Waals surface area contributed by atoms with Crippen molar-refractivity contribution < 1.29 is 23.0 Å². The van der Waals surface area contributed by atoms with Gasteiger partial charge < -0.3 is 14.7 Å². The Morgan fingerprint density at radius 1 is 1.29 bits per heavy atom. The standard InChI is InChI=1S/C17H25F3N2O2/c1-16(23,13-5-4-6-14(9-13)17(18,19)20)12-22-7-8-24-15(11-22)10-21(2)3/h4-6,9,15,23H,7-8,10-12H2,1-3H3/t15-,16-/m1/s1. The normalized spacial score (nSPS) is 22.6. The lowest BCUT2D eigenvalue weighted by molar-refractivity contribution is -0.137. The summed E-state index contributed by atoms with van der Waals surface area (Å²) in [5, 5.41) is 10.7. The molecule has 1 fully saturated rings. The summed E-state index contributed by atoms with van der Waals surface area (Å²) in [7, 11) is 3.92. The predicted molar refractivity (Wildman–Crippen MR) is 85.7 cm³/mol. The highest BCUT2D eigenvalue weighted by Crippen LogP contribution is 2.32. The highest BCUT2D eigenvalue weighted by atomic mass is 19.4. The fourth-order valence-corrected chi connectivity index (χ4v) is 3.00. The number of hydrogen-bond donors (Lipinski definition) is 1. The van der Waals surface area contributed by atoms with E-state index in [0.29, 0.717) is 19.7 Å². The van der Waals surface area contributed by atoms with E-state index < -0.39 is 17.3 Å². The van der Waals surface area contributed by atoms with Crippen molar-refractivity contribution >= 4 is 0 Å². The lowest BCUT2D eigenvalue weighted by Crippen LogP contribution is -2.50. The number of β-amino-alcohol motifs (C(OH)–C–C–N with tert-alkyl or cyclic N) is 1. The summed E-state index contributed by atoms with van der Waals surface area (Å²) >= 11 is 0. The molecule has 0 bridgehead atoms. The summed E-state index contributed by atoms with van der Waals surface area (Å²) in [5.74, 6) is 0. The Hall–Kier alpha value is -1.15. The summed E-state index contributed by atoms with van der Waals surface area (Å²) in [6, 6.07) is 4.91. The van der Waals surface area contributed by atoms with Gasteiger partial charge in [0, 0.05) is 26.2 Å². The number of benzene rings is 1. The van der Waals surface area contributed by atoms with E-state index in [1.165, 1.54) is 12.1 Å². The third-order valence-electron chi connectivity index (χ3n) is 4.13. The molecule has 1 aromatic carbocycles.